The van der Waals surface area contributed by atoms with Gasteiger partial charge in [-0.05, 0) is 39.7 Å². The highest BCUT2D eigenvalue weighted by Crippen LogP contribution is 2.44. The van der Waals surface area contributed by atoms with Crippen molar-refractivity contribution in [2.45, 2.75) is 44.7 Å². The van der Waals surface area contributed by atoms with Crippen molar-refractivity contribution >= 4 is 16.2 Å². The summed E-state index contributed by atoms with van der Waals surface area (Å²) in [5, 5.41) is 0. The average molecular weight is 401 g/mol. The Kier molecular flexibility index (Phi) is 5.54. The molecule has 1 fully saturated rings. The minimum atomic E-state index is -5.78. The lowest BCUT2D eigenvalue weighted by atomic mass is 9.76. The molecule has 0 bridgehead atoms. The second-order valence-electron chi connectivity index (χ2n) is 7.31. The van der Waals surface area contributed by atoms with Gasteiger partial charge in [-0.1, -0.05) is 0 Å². The van der Waals surface area contributed by atoms with Crippen LogP contribution in [0.5, 0.6) is 0 Å². The van der Waals surface area contributed by atoms with Crippen molar-refractivity contribution < 1.29 is 40.0 Å². The summed E-state index contributed by atoms with van der Waals surface area (Å²) in [6.45, 7) is 5.40. The van der Waals surface area contributed by atoms with Crippen LogP contribution in [-0.2, 0) is 23.8 Å². The van der Waals surface area contributed by atoms with E-state index in [1.807, 2.05) is 0 Å². The molecule has 0 radical (unpaired) electrons. The van der Waals surface area contributed by atoms with Crippen LogP contribution in [0.4, 0.5) is 18.0 Å². The lowest BCUT2D eigenvalue weighted by molar-refractivity contribution is -0.0575. The Balaban J connectivity index is 2.28. The van der Waals surface area contributed by atoms with Crippen molar-refractivity contribution in [2.75, 3.05) is 26.3 Å². The van der Waals surface area contributed by atoms with Gasteiger partial charge in [0.15, 0.2) is 0 Å². The molecule has 0 aliphatic carbocycles. The van der Waals surface area contributed by atoms with Gasteiger partial charge in [-0.2, -0.15) is 21.6 Å². The summed E-state index contributed by atoms with van der Waals surface area (Å²) >= 11 is 0. The van der Waals surface area contributed by atoms with Crippen LogP contribution >= 0.6 is 0 Å². The van der Waals surface area contributed by atoms with Gasteiger partial charge in [-0.3, -0.25) is 0 Å². The van der Waals surface area contributed by atoms with E-state index < -0.39 is 32.7 Å². The zero-order chi connectivity index (χ0) is 19.8. The number of carbonyl (C=O) groups is 1. The van der Waals surface area contributed by atoms with Crippen molar-refractivity contribution in [3.63, 3.8) is 0 Å². The van der Waals surface area contributed by atoms with Crippen LogP contribution in [0.2, 0.25) is 0 Å². The first-order chi connectivity index (χ1) is 11.8. The lowest BCUT2D eigenvalue weighted by Crippen LogP contribution is -2.50. The summed E-state index contributed by atoms with van der Waals surface area (Å²) in [5.41, 5.74) is -7.33. The molecule has 0 aromatic rings. The Morgan fingerprint density at radius 3 is 2.31 bits per heavy atom. The summed E-state index contributed by atoms with van der Waals surface area (Å²) in [5.74, 6) is -0.294. The van der Waals surface area contributed by atoms with Crippen molar-refractivity contribution in [1.29, 1.82) is 0 Å². The van der Waals surface area contributed by atoms with Gasteiger partial charge < -0.3 is 18.6 Å². The molecule has 1 spiro atoms. The standard InChI is InChI=1S/C15H22F3NO6S/c1-13(2,3)24-12(20)19-7-4-11(25-26(21,22)15(16,17)18)14(10-19)5-8-23-9-6-14/h4H,5-10H2,1-3H3. The van der Waals surface area contributed by atoms with Crippen molar-refractivity contribution in [3.8, 4) is 0 Å². The third-order valence-electron chi connectivity index (χ3n) is 4.10. The summed E-state index contributed by atoms with van der Waals surface area (Å²) in [6.07, 6.45) is 1.02. The largest absolute Gasteiger partial charge is 0.534 e. The van der Waals surface area contributed by atoms with Crippen LogP contribution in [0.3, 0.4) is 0 Å². The summed E-state index contributed by atoms with van der Waals surface area (Å²) in [6, 6.07) is 0. The maximum atomic E-state index is 12.7. The van der Waals surface area contributed by atoms with Gasteiger partial charge in [0.05, 0.1) is 5.41 Å². The molecule has 2 heterocycles. The molecule has 0 atom stereocenters. The highest BCUT2D eigenvalue weighted by Gasteiger charge is 2.52. The minimum absolute atomic E-state index is 0.00944. The molecule has 2 rings (SSSR count). The number of halogens is 3. The topological polar surface area (TPSA) is 82.1 Å². The van der Waals surface area contributed by atoms with Crippen LogP contribution < -0.4 is 0 Å². The first kappa shape index (κ1) is 20.8. The lowest BCUT2D eigenvalue weighted by Gasteiger charge is -2.44. The molecule has 0 aromatic carbocycles. The quantitative estimate of drug-likeness (QED) is 0.523. The number of amides is 1. The predicted molar refractivity (Wildman–Crippen MR) is 84.4 cm³/mol. The first-order valence-corrected chi connectivity index (χ1v) is 9.44. The van der Waals surface area contributed by atoms with Crippen LogP contribution in [0.1, 0.15) is 33.6 Å². The van der Waals surface area contributed by atoms with Gasteiger partial charge in [-0.25, -0.2) is 4.79 Å². The fourth-order valence-electron chi connectivity index (χ4n) is 2.84. The zero-order valence-corrected chi connectivity index (χ0v) is 15.6. The number of hydrogen-bond donors (Lipinski definition) is 0. The molecule has 0 saturated carbocycles. The predicted octanol–water partition coefficient (Wildman–Crippen LogP) is 2.78. The Hall–Kier alpha value is -1.49. The van der Waals surface area contributed by atoms with Gasteiger partial charge in [0.25, 0.3) is 0 Å². The highest BCUT2D eigenvalue weighted by atomic mass is 32.2. The van der Waals surface area contributed by atoms with E-state index in [0.717, 1.165) is 0 Å². The normalized spacial score (nSPS) is 21.3. The first-order valence-electron chi connectivity index (χ1n) is 8.03. The average Bonchev–Trinajstić information content (AvgIpc) is 2.47. The summed E-state index contributed by atoms with van der Waals surface area (Å²) in [4.78, 5) is 13.6. The van der Waals surface area contributed by atoms with Crippen LogP contribution in [0.15, 0.2) is 11.8 Å². The van der Waals surface area contributed by atoms with E-state index in [1.165, 1.54) is 11.0 Å². The van der Waals surface area contributed by atoms with E-state index in [2.05, 4.69) is 4.18 Å². The smallest absolute Gasteiger partial charge is 0.444 e. The molecular weight excluding hydrogens is 379 g/mol. The summed E-state index contributed by atoms with van der Waals surface area (Å²) < 4.78 is 75.9. The van der Waals surface area contributed by atoms with Gasteiger partial charge in [-0.15, -0.1) is 0 Å². The summed E-state index contributed by atoms with van der Waals surface area (Å²) in [7, 11) is -5.78. The Morgan fingerprint density at radius 1 is 1.23 bits per heavy atom. The van der Waals surface area contributed by atoms with Crippen molar-refractivity contribution in [1.82, 2.24) is 4.90 Å². The number of hydrogen-bond acceptors (Lipinski definition) is 6. The monoisotopic (exact) mass is 401 g/mol. The Labute approximate surface area is 150 Å². The second kappa shape index (κ2) is 6.91. The highest BCUT2D eigenvalue weighted by molar-refractivity contribution is 7.87. The third kappa shape index (κ3) is 4.61. The van der Waals surface area contributed by atoms with Gasteiger partial charge in [0, 0.05) is 26.3 Å². The molecule has 2 aliphatic heterocycles. The van der Waals surface area contributed by atoms with Crippen molar-refractivity contribution in [2.24, 2.45) is 5.41 Å². The Bertz CT molecular complexity index is 674. The fraction of sp³-hybridized carbons (Fsp3) is 0.800. The Morgan fingerprint density at radius 2 is 1.81 bits per heavy atom. The number of rotatable bonds is 2. The van der Waals surface area contributed by atoms with E-state index in [-0.39, 0.29) is 44.9 Å². The maximum absolute atomic E-state index is 12.7. The maximum Gasteiger partial charge on any atom is 0.534 e. The zero-order valence-electron chi connectivity index (χ0n) is 14.8. The molecule has 150 valence electrons. The molecule has 0 aromatic heterocycles. The third-order valence-corrected chi connectivity index (χ3v) is 5.06. The van der Waals surface area contributed by atoms with E-state index in [4.69, 9.17) is 9.47 Å². The molecule has 0 N–H and O–H groups in total. The number of carbonyl (C=O) groups excluding carboxylic acids is 1. The molecule has 1 saturated heterocycles. The SMILES string of the molecule is CC(C)(C)OC(=O)N1CC=C(OS(=O)(=O)C(F)(F)F)C2(CCOCC2)C1. The van der Waals surface area contributed by atoms with Gasteiger partial charge in [0.1, 0.15) is 11.4 Å². The van der Waals surface area contributed by atoms with E-state index in [1.54, 1.807) is 20.8 Å². The van der Waals surface area contributed by atoms with Crippen LogP contribution in [-0.4, -0.2) is 56.8 Å². The number of alkyl halides is 3. The fourth-order valence-corrected chi connectivity index (χ4v) is 3.41. The molecule has 7 nitrogen and oxygen atoms in total. The molecule has 11 heteroatoms. The van der Waals surface area contributed by atoms with E-state index in [9.17, 15) is 26.4 Å². The molecular formula is C15H22F3NO6S. The van der Waals surface area contributed by atoms with Crippen molar-refractivity contribution in [3.05, 3.63) is 11.8 Å². The molecule has 26 heavy (non-hydrogen) atoms. The number of nitrogens with zero attached hydrogens (tertiary/aromatic N) is 1. The van der Waals surface area contributed by atoms with Crippen LogP contribution in [0.25, 0.3) is 0 Å². The van der Waals surface area contributed by atoms with Gasteiger partial charge in [0.2, 0.25) is 0 Å². The molecule has 1 amide bonds. The van der Waals surface area contributed by atoms with E-state index >= 15 is 0 Å². The number of ether oxygens (including phenoxy) is 2. The molecule has 2 aliphatic rings. The molecule has 0 unspecified atom stereocenters. The minimum Gasteiger partial charge on any atom is -0.444 e. The van der Waals surface area contributed by atoms with Crippen LogP contribution in [0, 0.1) is 5.41 Å². The van der Waals surface area contributed by atoms with E-state index in [0.29, 0.717) is 0 Å². The second-order valence-corrected chi connectivity index (χ2v) is 8.84. The van der Waals surface area contributed by atoms with Gasteiger partial charge >= 0.3 is 21.7 Å².